The number of ether oxygens (including phenoxy) is 1. The maximum absolute atomic E-state index is 13.0. The van der Waals surface area contributed by atoms with Gasteiger partial charge in [0.25, 0.3) is 5.91 Å². The smallest absolute Gasteiger partial charge is 0.254 e. The maximum atomic E-state index is 13.0. The summed E-state index contributed by atoms with van der Waals surface area (Å²) in [5, 5.41) is 13.4. The summed E-state index contributed by atoms with van der Waals surface area (Å²) in [7, 11) is 0. The Morgan fingerprint density at radius 2 is 1.91 bits per heavy atom. The van der Waals surface area contributed by atoms with Crippen molar-refractivity contribution in [2.75, 3.05) is 13.1 Å². The van der Waals surface area contributed by atoms with Crippen molar-refractivity contribution in [1.29, 1.82) is 0 Å². The molecule has 2 aromatic carbocycles. The zero-order valence-corrected chi connectivity index (χ0v) is 17.4. The second kappa shape index (κ2) is 8.34. The van der Waals surface area contributed by atoms with E-state index in [-0.39, 0.29) is 29.5 Å². The predicted octanol–water partition coefficient (Wildman–Crippen LogP) is 3.25. The van der Waals surface area contributed by atoms with Crippen LogP contribution in [0.4, 0.5) is 0 Å². The second-order valence-electron chi connectivity index (χ2n) is 8.20. The molecule has 3 heterocycles. The number of benzene rings is 2. The molecule has 1 aromatic heterocycles. The van der Waals surface area contributed by atoms with E-state index in [1.54, 1.807) is 47.6 Å². The van der Waals surface area contributed by atoms with Gasteiger partial charge in [0.15, 0.2) is 11.5 Å². The number of amides is 2. The van der Waals surface area contributed by atoms with E-state index in [4.69, 9.17) is 4.74 Å². The third-order valence-electron chi connectivity index (χ3n) is 6.06. The number of hydrogen-bond donors (Lipinski definition) is 2. The number of phenolic OH excluding ortho intramolecular Hbond substituents is 1. The summed E-state index contributed by atoms with van der Waals surface area (Å²) in [6.45, 7) is 0.908. The fraction of sp³-hybridized carbons (Fsp3) is 0.240. The van der Waals surface area contributed by atoms with Crippen LogP contribution in [0.2, 0.25) is 0 Å². The monoisotopic (exact) mass is 429 g/mol. The summed E-state index contributed by atoms with van der Waals surface area (Å²) in [4.78, 5) is 31.6. The van der Waals surface area contributed by atoms with Gasteiger partial charge in [0.2, 0.25) is 5.91 Å². The van der Waals surface area contributed by atoms with Gasteiger partial charge in [-0.15, -0.1) is 0 Å². The van der Waals surface area contributed by atoms with Gasteiger partial charge in [0.1, 0.15) is 5.75 Å². The molecule has 0 spiro atoms. The number of phenols is 1. The van der Waals surface area contributed by atoms with Crippen molar-refractivity contribution in [2.24, 2.45) is 0 Å². The van der Waals surface area contributed by atoms with Crippen molar-refractivity contribution in [1.82, 2.24) is 15.2 Å². The van der Waals surface area contributed by atoms with Crippen LogP contribution < -0.4 is 10.1 Å². The number of aromatic hydroxyl groups is 1. The van der Waals surface area contributed by atoms with E-state index < -0.39 is 0 Å². The van der Waals surface area contributed by atoms with E-state index in [9.17, 15) is 14.7 Å². The van der Waals surface area contributed by atoms with Gasteiger partial charge < -0.3 is 20.1 Å². The molecular formula is C25H23N3O4. The molecule has 0 aliphatic carbocycles. The van der Waals surface area contributed by atoms with Gasteiger partial charge in [0, 0.05) is 43.4 Å². The highest BCUT2D eigenvalue weighted by Gasteiger charge is 2.37. The number of rotatable bonds is 1. The predicted molar refractivity (Wildman–Crippen MR) is 118 cm³/mol. The highest BCUT2D eigenvalue weighted by Crippen LogP contribution is 2.35. The number of carbonyl (C=O) groups excluding carboxylic acids is 2. The van der Waals surface area contributed by atoms with Crippen LogP contribution in [-0.2, 0) is 11.2 Å². The Balaban J connectivity index is 1.49. The molecule has 3 aromatic rings. The summed E-state index contributed by atoms with van der Waals surface area (Å²) in [6.07, 6.45) is 4.04. The topological polar surface area (TPSA) is 91.8 Å². The Morgan fingerprint density at radius 1 is 1.06 bits per heavy atom. The average molecular weight is 429 g/mol. The van der Waals surface area contributed by atoms with Crippen LogP contribution in [0, 0.1) is 0 Å². The lowest BCUT2D eigenvalue weighted by Crippen LogP contribution is -2.40. The van der Waals surface area contributed by atoms with E-state index in [2.05, 4.69) is 10.3 Å². The Bertz CT molecular complexity index is 1160. The first-order valence-corrected chi connectivity index (χ1v) is 10.7. The Kier molecular flexibility index (Phi) is 5.23. The summed E-state index contributed by atoms with van der Waals surface area (Å²) >= 11 is 0. The minimum Gasteiger partial charge on any atom is -0.504 e. The molecule has 2 N–H and O–H groups in total. The van der Waals surface area contributed by atoms with E-state index in [0.717, 1.165) is 11.1 Å². The van der Waals surface area contributed by atoms with E-state index >= 15 is 0 Å². The van der Waals surface area contributed by atoms with Gasteiger partial charge in [-0.3, -0.25) is 14.6 Å². The first-order valence-electron chi connectivity index (χ1n) is 10.7. The number of likely N-dealkylation sites (tertiary alicyclic amines) is 1. The number of pyridine rings is 1. The molecule has 2 amide bonds. The lowest BCUT2D eigenvalue weighted by atomic mass is 9.94. The normalized spacial score (nSPS) is 20.1. The molecule has 1 fully saturated rings. The zero-order chi connectivity index (χ0) is 22.1. The summed E-state index contributed by atoms with van der Waals surface area (Å²) in [5.74, 6) is 0.777. The Labute approximate surface area is 185 Å². The van der Waals surface area contributed by atoms with Gasteiger partial charge in [-0.05, 0) is 53.9 Å². The highest BCUT2D eigenvalue weighted by atomic mass is 16.5. The van der Waals surface area contributed by atoms with Crippen LogP contribution in [-0.4, -0.2) is 45.9 Å². The van der Waals surface area contributed by atoms with Gasteiger partial charge in [-0.2, -0.15) is 0 Å². The van der Waals surface area contributed by atoms with Gasteiger partial charge in [-0.1, -0.05) is 18.2 Å². The summed E-state index contributed by atoms with van der Waals surface area (Å²) in [6, 6.07) is 15.9. The minimum atomic E-state index is -0.208. The van der Waals surface area contributed by atoms with Crippen LogP contribution in [0.5, 0.6) is 17.2 Å². The van der Waals surface area contributed by atoms with Crippen LogP contribution in [0.15, 0.2) is 67.0 Å². The third-order valence-corrected chi connectivity index (χ3v) is 6.06. The molecule has 32 heavy (non-hydrogen) atoms. The van der Waals surface area contributed by atoms with Crippen LogP contribution in [0.1, 0.15) is 33.8 Å². The molecule has 0 saturated carbocycles. The lowest BCUT2D eigenvalue weighted by Gasteiger charge is -2.20. The molecular weight excluding hydrogens is 406 g/mol. The largest absolute Gasteiger partial charge is 0.504 e. The molecule has 0 unspecified atom stereocenters. The van der Waals surface area contributed by atoms with Crippen molar-refractivity contribution < 1.29 is 19.4 Å². The van der Waals surface area contributed by atoms with Crippen molar-refractivity contribution in [2.45, 2.75) is 24.8 Å². The standard InChI is InChI=1S/C25H23N3O4/c29-22-6-4-16-5-7-24(30)27-21-15-28(25(31)17-8-10-26-11-9-17)14-20(21)18-2-1-3-19(13-18)32-23(22)12-16/h1-4,6,8-13,20-21,29H,5,7,14-15H2,(H,27,30)/t20-,21+/m0/s1. The summed E-state index contributed by atoms with van der Waals surface area (Å²) in [5.41, 5.74) is 2.44. The molecule has 0 radical (unpaired) electrons. The van der Waals surface area contributed by atoms with Crippen molar-refractivity contribution in [3.05, 3.63) is 83.7 Å². The van der Waals surface area contributed by atoms with Crippen LogP contribution >= 0.6 is 0 Å². The second-order valence-corrected chi connectivity index (χ2v) is 8.20. The SMILES string of the molecule is O=C1CCc2ccc(O)c(c2)Oc2cccc(c2)[C@@H]2CN(C(=O)c3ccncc3)C[C@H]2N1. The number of hydrogen-bond acceptors (Lipinski definition) is 5. The van der Waals surface area contributed by atoms with Crippen molar-refractivity contribution >= 4 is 11.8 Å². The van der Waals surface area contributed by atoms with Gasteiger partial charge in [-0.25, -0.2) is 0 Å². The quantitative estimate of drug-likeness (QED) is 0.620. The molecule has 7 heteroatoms. The molecule has 2 aliphatic rings. The fourth-order valence-electron chi connectivity index (χ4n) is 4.40. The molecule has 2 aliphatic heterocycles. The van der Waals surface area contributed by atoms with E-state index in [1.165, 1.54) is 0 Å². The summed E-state index contributed by atoms with van der Waals surface area (Å²) < 4.78 is 5.98. The van der Waals surface area contributed by atoms with E-state index in [1.807, 2.05) is 24.3 Å². The third kappa shape index (κ3) is 4.01. The van der Waals surface area contributed by atoms with Gasteiger partial charge >= 0.3 is 0 Å². The minimum absolute atomic E-state index is 0.0475. The number of fused-ring (bicyclic) bond motifs is 6. The first-order chi connectivity index (χ1) is 15.6. The Hall–Kier alpha value is -3.87. The number of nitrogens with zero attached hydrogens (tertiary/aromatic N) is 2. The fourth-order valence-corrected chi connectivity index (χ4v) is 4.40. The molecule has 1 saturated heterocycles. The molecule has 162 valence electrons. The van der Waals surface area contributed by atoms with Crippen LogP contribution in [0.3, 0.4) is 0 Å². The Morgan fingerprint density at radius 3 is 2.75 bits per heavy atom. The maximum Gasteiger partial charge on any atom is 0.254 e. The number of nitrogens with one attached hydrogen (secondary N) is 1. The molecule has 7 nitrogen and oxygen atoms in total. The van der Waals surface area contributed by atoms with Crippen molar-refractivity contribution in [3.63, 3.8) is 0 Å². The average Bonchev–Trinajstić information content (AvgIpc) is 3.23. The van der Waals surface area contributed by atoms with E-state index in [0.29, 0.717) is 43.0 Å². The number of aryl methyl sites for hydroxylation is 1. The molecule has 5 rings (SSSR count). The molecule has 2 atom stereocenters. The zero-order valence-electron chi connectivity index (χ0n) is 17.4. The number of aromatic nitrogens is 1. The van der Waals surface area contributed by atoms with Crippen molar-refractivity contribution in [3.8, 4) is 17.2 Å². The van der Waals surface area contributed by atoms with Gasteiger partial charge in [0.05, 0.1) is 6.04 Å². The molecule has 4 bridgehead atoms. The first kappa shape index (κ1) is 20.1. The highest BCUT2D eigenvalue weighted by molar-refractivity contribution is 5.94. The lowest BCUT2D eigenvalue weighted by molar-refractivity contribution is -0.121. The van der Waals surface area contributed by atoms with Crippen LogP contribution in [0.25, 0.3) is 0 Å². The number of carbonyl (C=O) groups is 2.